The summed E-state index contributed by atoms with van der Waals surface area (Å²) in [4.78, 5) is 12.4. The summed E-state index contributed by atoms with van der Waals surface area (Å²) in [5, 5.41) is 15.6. The number of aryl methyl sites for hydroxylation is 3. The van der Waals surface area contributed by atoms with Crippen LogP contribution >= 0.6 is 11.3 Å². The van der Waals surface area contributed by atoms with Gasteiger partial charge >= 0.3 is 0 Å². The third-order valence-corrected chi connectivity index (χ3v) is 4.42. The predicted octanol–water partition coefficient (Wildman–Crippen LogP) is 3.55. The molecule has 2 N–H and O–H groups in total. The number of hydrogen-bond donors (Lipinski definition) is 2. The lowest BCUT2D eigenvalue weighted by Crippen LogP contribution is -2.34. The van der Waals surface area contributed by atoms with Gasteiger partial charge in [0.15, 0.2) is 0 Å². The van der Waals surface area contributed by atoms with Gasteiger partial charge < -0.3 is 5.32 Å². The molecule has 0 saturated heterocycles. The van der Waals surface area contributed by atoms with Crippen molar-refractivity contribution in [3.05, 3.63) is 34.3 Å². The molecule has 0 bridgehead atoms. The maximum absolute atomic E-state index is 12.4. The van der Waals surface area contributed by atoms with Crippen LogP contribution in [0.2, 0.25) is 0 Å². The molecule has 5 nitrogen and oxygen atoms in total. The number of rotatable bonds is 6. The summed E-state index contributed by atoms with van der Waals surface area (Å²) in [6.07, 6.45) is 1.52. The first kappa shape index (κ1) is 16.4. The fraction of sp³-hybridized carbons (Fsp3) is 0.438. The van der Waals surface area contributed by atoms with E-state index in [2.05, 4.69) is 33.8 Å². The molecule has 1 aromatic heterocycles. The zero-order valence-corrected chi connectivity index (χ0v) is 14.3. The van der Waals surface area contributed by atoms with Crippen molar-refractivity contribution < 1.29 is 4.79 Å². The van der Waals surface area contributed by atoms with Crippen molar-refractivity contribution in [3.63, 3.8) is 0 Å². The highest BCUT2D eigenvalue weighted by Gasteiger charge is 2.18. The minimum Gasteiger partial charge on any atom is -0.373 e. The quantitative estimate of drug-likeness (QED) is 0.855. The highest BCUT2D eigenvalue weighted by atomic mass is 32.1. The number of nitrogens with zero attached hydrogens (tertiary/aromatic N) is 2. The summed E-state index contributed by atoms with van der Waals surface area (Å²) in [6.45, 7) is 8.10. The van der Waals surface area contributed by atoms with Crippen LogP contribution in [-0.4, -0.2) is 22.1 Å². The van der Waals surface area contributed by atoms with Gasteiger partial charge in [0.05, 0.1) is 0 Å². The van der Waals surface area contributed by atoms with E-state index in [1.165, 1.54) is 16.9 Å². The third-order valence-electron chi connectivity index (χ3n) is 3.44. The van der Waals surface area contributed by atoms with Crippen molar-refractivity contribution in [2.75, 3.05) is 10.6 Å². The Morgan fingerprint density at radius 1 is 1.27 bits per heavy atom. The van der Waals surface area contributed by atoms with Crippen molar-refractivity contribution in [1.82, 2.24) is 10.2 Å². The van der Waals surface area contributed by atoms with Crippen LogP contribution in [0.25, 0.3) is 0 Å². The van der Waals surface area contributed by atoms with Crippen LogP contribution in [0, 0.1) is 13.8 Å². The molecule has 22 heavy (non-hydrogen) atoms. The molecule has 0 fully saturated rings. The van der Waals surface area contributed by atoms with Crippen LogP contribution in [0.1, 0.15) is 36.4 Å². The van der Waals surface area contributed by atoms with Crippen LogP contribution < -0.4 is 10.6 Å². The minimum atomic E-state index is -0.296. The Morgan fingerprint density at radius 3 is 2.64 bits per heavy atom. The molecular formula is C16H22N4OS. The Hall–Kier alpha value is -1.95. The van der Waals surface area contributed by atoms with Gasteiger partial charge in [-0.05, 0) is 38.3 Å². The first-order chi connectivity index (χ1) is 10.5. The molecule has 118 valence electrons. The van der Waals surface area contributed by atoms with Crippen LogP contribution in [0.3, 0.4) is 0 Å². The van der Waals surface area contributed by atoms with Gasteiger partial charge in [0, 0.05) is 5.69 Å². The lowest BCUT2D eigenvalue weighted by molar-refractivity contribution is -0.117. The van der Waals surface area contributed by atoms with E-state index in [1.54, 1.807) is 0 Å². The molecule has 0 unspecified atom stereocenters. The molecule has 1 atom stereocenters. The van der Waals surface area contributed by atoms with Gasteiger partial charge in [-0.25, -0.2) is 0 Å². The standard InChI is InChI=1S/C16H22N4OS/c1-5-12(17-13-8-7-10(3)9-11(13)4)15(21)18-16-20-19-14(6-2)22-16/h7-9,12,17H,5-6H2,1-4H3,(H,18,20,21)/t12-/m1/s1. The van der Waals surface area contributed by atoms with Crippen LogP contribution in [0.5, 0.6) is 0 Å². The lowest BCUT2D eigenvalue weighted by Gasteiger charge is -2.18. The molecule has 2 aromatic rings. The summed E-state index contributed by atoms with van der Waals surface area (Å²) < 4.78 is 0. The summed E-state index contributed by atoms with van der Waals surface area (Å²) in [5.41, 5.74) is 3.33. The maximum Gasteiger partial charge on any atom is 0.248 e. The van der Waals surface area contributed by atoms with E-state index in [4.69, 9.17) is 0 Å². The minimum absolute atomic E-state index is 0.0821. The van der Waals surface area contributed by atoms with Crippen molar-refractivity contribution >= 4 is 28.1 Å². The largest absolute Gasteiger partial charge is 0.373 e. The number of benzene rings is 1. The van der Waals surface area contributed by atoms with Gasteiger partial charge in [-0.2, -0.15) is 0 Å². The van der Waals surface area contributed by atoms with Crippen molar-refractivity contribution in [2.45, 2.75) is 46.6 Å². The molecule has 1 aromatic carbocycles. The second-order valence-corrected chi connectivity index (χ2v) is 6.33. The normalized spacial score (nSPS) is 12.0. The smallest absolute Gasteiger partial charge is 0.248 e. The molecule has 0 saturated carbocycles. The molecular weight excluding hydrogens is 296 g/mol. The monoisotopic (exact) mass is 318 g/mol. The topological polar surface area (TPSA) is 66.9 Å². The molecule has 0 spiro atoms. The van der Waals surface area contributed by atoms with E-state index in [9.17, 15) is 4.79 Å². The van der Waals surface area contributed by atoms with Crippen molar-refractivity contribution in [3.8, 4) is 0 Å². The summed E-state index contributed by atoms with van der Waals surface area (Å²) in [7, 11) is 0. The van der Waals surface area contributed by atoms with Gasteiger partial charge in [0.25, 0.3) is 0 Å². The van der Waals surface area contributed by atoms with E-state index in [1.807, 2.05) is 32.9 Å². The highest BCUT2D eigenvalue weighted by Crippen LogP contribution is 2.19. The van der Waals surface area contributed by atoms with Crippen molar-refractivity contribution in [1.29, 1.82) is 0 Å². The number of anilines is 2. The summed E-state index contributed by atoms with van der Waals surface area (Å²) in [6, 6.07) is 5.86. The van der Waals surface area contributed by atoms with Crippen LogP contribution in [0.4, 0.5) is 10.8 Å². The Kier molecular flexibility index (Phi) is 5.49. The van der Waals surface area contributed by atoms with Crippen molar-refractivity contribution in [2.24, 2.45) is 0 Å². The first-order valence-electron chi connectivity index (χ1n) is 7.50. The molecule has 0 aliphatic carbocycles. The lowest BCUT2D eigenvalue weighted by atomic mass is 10.1. The van der Waals surface area contributed by atoms with Gasteiger partial charge in [-0.15, -0.1) is 10.2 Å². The molecule has 1 amide bonds. The number of carbonyl (C=O) groups excluding carboxylic acids is 1. The zero-order valence-electron chi connectivity index (χ0n) is 13.4. The first-order valence-corrected chi connectivity index (χ1v) is 8.32. The second-order valence-electron chi connectivity index (χ2n) is 5.27. The Balaban J connectivity index is 2.05. The van der Waals surface area contributed by atoms with E-state index >= 15 is 0 Å². The average Bonchev–Trinajstić information content (AvgIpc) is 2.94. The molecule has 0 aliphatic heterocycles. The van der Waals surface area contributed by atoms with Gasteiger partial charge in [0.2, 0.25) is 11.0 Å². The Bertz CT molecular complexity index is 653. The van der Waals surface area contributed by atoms with Crippen LogP contribution in [0.15, 0.2) is 18.2 Å². The Morgan fingerprint density at radius 2 is 2.05 bits per heavy atom. The summed E-state index contributed by atoms with van der Waals surface area (Å²) >= 11 is 1.42. The average molecular weight is 318 g/mol. The van der Waals surface area contributed by atoms with E-state index in [-0.39, 0.29) is 11.9 Å². The maximum atomic E-state index is 12.4. The van der Waals surface area contributed by atoms with Gasteiger partial charge in [0.1, 0.15) is 11.0 Å². The molecule has 1 heterocycles. The summed E-state index contributed by atoms with van der Waals surface area (Å²) in [5.74, 6) is -0.0821. The number of nitrogens with one attached hydrogen (secondary N) is 2. The third kappa shape index (κ3) is 4.04. The van der Waals surface area contributed by atoms with E-state index < -0.39 is 0 Å². The predicted molar refractivity (Wildman–Crippen MR) is 91.5 cm³/mol. The van der Waals surface area contributed by atoms with E-state index in [0.717, 1.165) is 22.7 Å². The fourth-order valence-corrected chi connectivity index (χ4v) is 2.84. The van der Waals surface area contributed by atoms with E-state index in [0.29, 0.717) is 11.6 Å². The Labute approximate surface area is 135 Å². The highest BCUT2D eigenvalue weighted by molar-refractivity contribution is 7.15. The van der Waals surface area contributed by atoms with Gasteiger partial charge in [-0.3, -0.25) is 10.1 Å². The zero-order chi connectivity index (χ0) is 16.1. The number of carbonyl (C=O) groups is 1. The SMILES string of the molecule is CCc1nnc(NC(=O)[C@@H](CC)Nc2ccc(C)cc2C)s1. The van der Waals surface area contributed by atoms with Crippen LogP contribution in [-0.2, 0) is 11.2 Å². The molecule has 2 rings (SSSR count). The van der Waals surface area contributed by atoms with Gasteiger partial charge in [-0.1, -0.05) is 42.9 Å². The molecule has 0 aliphatic rings. The number of hydrogen-bond acceptors (Lipinski definition) is 5. The fourth-order valence-electron chi connectivity index (χ4n) is 2.16. The molecule has 0 radical (unpaired) electrons. The second kappa shape index (κ2) is 7.35. The molecule has 6 heteroatoms. The number of aromatic nitrogens is 2. The number of amides is 1.